The van der Waals surface area contributed by atoms with Crippen LogP contribution < -0.4 is 5.32 Å². The summed E-state index contributed by atoms with van der Waals surface area (Å²) in [6, 6.07) is 22.2. The van der Waals surface area contributed by atoms with Gasteiger partial charge >= 0.3 is 0 Å². The highest BCUT2D eigenvalue weighted by Crippen LogP contribution is 2.23. The summed E-state index contributed by atoms with van der Waals surface area (Å²) in [6.07, 6.45) is 4.60. The van der Waals surface area contributed by atoms with Crippen LogP contribution in [-0.4, -0.2) is 16.9 Å². The number of carbonyl (C=O) groups is 1. The molecule has 0 saturated carbocycles. The molecule has 0 aliphatic rings. The van der Waals surface area contributed by atoms with Gasteiger partial charge in [0.15, 0.2) is 0 Å². The van der Waals surface area contributed by atoms with Crippen LogP contribution >= 0.6 is 11.6 Å². The van der Waals surface area contributed by atoms with E-state index < -0.39 is 0 Å². The molecule has 0 aliphatic carbocycles. The van der Waals surface area contributed by atoms with Gasteiger partial charge in [0.2, 0.25) is 5.91 Å². The maximum Gasteiger partial charge on any atom is 0.220 e. The van der Waals surface area contributed by atoms with Crippen molar-refractivity contribution in [2.75, 3.05) is 0 Å². The number of aryl methyl sites for hydroxylation is 1. The van der Waals surface area contributed by atoms with Crippen molar-refractivity contribution < 1.29 is 4.79 Å². The second kappa shape index (κ2) is 10.0. The van der Waals surface area contributed by atoms with Gasteiger partial charge in [-0.3, -0.25) is 9.78 Å². The van der Waals surface area contributed by atoms with Crippen LogP contribution in [0.3, 0.4) is 0 Å². The summed E-state index contributed by atoms with van der Waals surface area (Å²) >= 11 is 6.08. The number of pyridine rings is 1. The van der Waals surface area contributed by atoms with Gasteiger partial charge in [-0.2, -0.15) is 0 Å². The molecule has 1 amide bonds. The van der Waals surface area contributed by atoms with Crippen LogP contribution in [0.4, 0.5) is 0 Å². The molecule has 0 bridgehead atoms. The molecule has 0 saturated heterocycles. The summed E-state index contributed by atoms with van der Waals surface area (Å²) in [5, 5.41) is 3.89. The van der Waals surface area contributed by atoms with E-state index in [1.807, 2.05) is 36.4 Å². The highest BCUT2D eigenvalue weighted by atomic mass is 35.5. The lowest BCUT2D eigenvalue weighted by Gasteiger charge is -2.17. The molecule has 1 N–H and O–H groups in total. The minimum absolute atomic E-state index is 0.0769. The lowest BCUT2D eigenvalue weighted by atomic mass is 9.99. The van der Waals surface area contributed by atoms with Gasteiger partial charge in [-0.25, -0.2) is 0 Å². The van der Waals surface area contributed by atoms with Crippen molar-refractivity contribution in [2.45, 2.75) is 38.6 Å². The number of amides is 1. The van der Waals surface area contributed by atoms with Crippen LogP contribution in [0.2, 0.25) is 5.02 Å². The van der Waals surface area contributed by atoms with Gasteiger partial charge in [0.1, 0.15) is 0 Å². The summed E-state index contributed by atoms with van der Waals surface area (Å²) in [4.78, 5) is 16.6. The predicted octanol–water partition coefficient (Wildman–Crippen LogP) is 5.47. The fourth-order valence-corrected chi connectivity index (χ4v) is 3.36. The maximum atomic E-state index is 12.3. The molecule has 1 aromatic heterocycles. The number of hydrogen-bond acceptors (Lipinski definition) is 2. The van der Waals surface area contributed by atoms with Crippen LogP contribution in [-0.2, 0) is 17.6 Å². The number of aromatic nitrogens is 1. The summed E-state index contributed by atoms with van der Waals surface area (Å²) in [5.74, 6) is 0.0769. The Balaban J connectivity index is 1.54. The molecule has 0 radical (unpaired) electrons. The number of benzene rings is 2. The third kappa shape index (κ3) is 5.93. The van der Waals surface area contributed by atoms with Crippen molar-refractivity contribution in [3.63, 3.8) is 0 Å². The second-order valence-corrected chi connectivity index (χ2v) is 7.34. The minimum Gasteiger partial charge on any atom is -0.353 e. The maximum absolute atomic E-state index is 12.3. The van der Waals surface area contributed by atoms with Gasteiger partial charge in [0, 0.05) is 29.4 Å². The van der Waals surface area contributed by atoms with Crippen LogP contribution in [0, 0.1) is 0 Å². The molecule has 0 spiro atoms. The Bertz CT molecular complexity index is 894. The van der Waals surface area contributed by atoms with E-state index in [0.717, 1.165) is 34.7 Å². The first kappa shape index (κ1) is 20.1. The Morgan fingerprint density at radius 3 is 2.54 bits per heavy atom. The molecule has 28 heavy (non-hydrogen) atoms. The van der Waals surface area contributed by atoms with Gasteiger partial charge in [-0.1, -0.05) is 61.0 Å². The molecular formula is C24H25ClN2O. The van der Waals surface area contributed by atoms with E-state index in [2.05, 4.69) is 47.6 Å². The highest BCUT2D eigenvalue weighted by molar-refractivity contribution is 6.30. The summed E-state index contributed by atoms with van der Waals surface area (Å²) < 4.78 is 0. The summed E-state index contributed by atoms with van der Waals surface area (Å²) in [7, 11) is 0. The molecule has 1 atom stereocenters. The zero-order chi connectivity index (χ0) is 19.8. The highest BCUT2D eigenvalue weighted by Gasteiger charge is 2.12. The molecule has 3 aromatic rings. The Morgan fingerprint density at radius 1 is 1.04 bits per heavy atom. The molecule has 144 valence electrons. The average Bonchev–Trinajstić information content (AvgIpc) is 2.73. The fourth-order valence-electron chi connectivity index (χ4n) is 3.17. The molecule has 3 nitrogen and oxygen atoms in total. The Labute approximate surface area is 171 Å². The molecule has 3 rings (SSSR count). The number of nitrogens with one attached hydrogen (secondary N) is 1. The standard InChI is InChI=1S/C24H25ClN2O/c1-2-22(27-24(28)14-13-23-8-3-4-15-26-23)16-18-9-11-19(12-10-18)20-6-5-7-21(25)17-20/h3-12,15,17,22H,2,13-14,16H2,1H3,(H,27,28)/t22-/m1/s1. The van der Waals surface area contributed by atoms with Gasteiger partial charge in [-0.15, -0.1) is 0 Å². The zero-order valence-electron chi connectivity index (χ0n) is 16.1. The van der Waals surface area contributed by atoms with E-state index in [-0.39, 0.29) is 11.9 Å². The van der Waals surface area contributed by atoms with E-state index >= 15 is 0 Å². The first-order chi connectivity index (χ1) is 13.6. The first-order valence-electron chi connectivity index (χ1n) is 9.68. The minimum atomic E-state index is 0.0769. The third-order valence-corrected chi connectivity index (χ3v) is 5.02. The van der Waals surface area contributed by atoms with Crippen molar-refractivity contribution >= 4 is 17.5 Å². The largest absolute Gasteiger partial charge is 0.353 e. The lowest BCUT2D eigenvalue weighted by Crippen LogP contribution is -2.36. The van der Waals surface area contributed by atoms with Gasteiger partial charge in [0.05, 0.1) is 0 Å². The fraction of sp³-hybridized carbons (Fsp3) is 0.250. The normalized spacial score (nSPS) is 11.8. The van der Waals surface area contributed by atoms with Crippen LogP contribution in [0.25, 0.3) is 11.1 Å². The van der Waals surface area contributed by atoms with E-state index in [1.165, 1.54) is 5.56 Å². The molecule has 4 heteroatoms. The topological polar surface area (TPSA) is 42.0 Å². The van der Waals surface area contributed by atoms with Crippen LogP contribution in [0.15, 0.2) is 72.9 Å². The molecular weight excluding hydrogens is 368 g/mol. The number of hydrogen-bond donors (Lipinski definition) is 1. The molecule has 0 unspecified atom stereocenters. The Hall–Kier alpha value is -2.65. The zero-order valence-corrected chi connectivity index (χ0v) is 16.8. The van der Waals surface area contributed by atoms with E-state index in [1.54, 1.807) is 6.20 Å². The molecule has 0 fully saturated rings. The van der Waals surface area contributed by atoms with Crippen molar-refractivity contribution in [2.24, 2.45) is 0 Å². The third-order valence-electron chi connectivity index (χ3n) is 4.79. The second-order valence-electron chi connectivity index (χ2n) is 6.91. The number of carbonyl (C=O) groups excluding carboxylic acids is 1. The van der Waals surface area contributed by atoms with Crippen molar-refractivity contribution in [1.82, 2.24) is 10.3 Å². The van der Waals surface area contributed by atoms with Crippen molar-refractivity contribution in [1.29, 1.82) is 0 Å². The van der Waals surface area contributed by atoms with Gasteiger partial charge in [0.25, 0.3) is 0 Å². The Kier molecular flexibility index (Phi) is 7.21. The smallest absolute Gasteiger partial charge is 0.220 e. The van der Waals surface area contributed by atoms with Gasteiger partial charge < -0.3 is 5.32 Å². The lowest BCUT2D eigenvalue weighted by molar-refractivity contribution is -0.121. The average molecular weight is 393 g/mol. The number of halogens is 1. The predicted molar refractivity (Wildman–Crippen MR) is 115 cm³/mol. The monoisotopic (exact) mass is 392 g/mol. The number of nitrogens with zero attached hydrogens (tertiary/aromatic N) is 1. The summed E-state index contributed by atoms with van der Waals surface area (Å²) in [5.41, 5.74) is 4.40. The molecule has 1 heterocycles. The van der Waals surface area contributed by atoms with E-state index in [9.17, 15) is 4.79 Å². The van der Waals surface area contributed by atoms with E-state index in [0.29, 0.717) is 12.8 Å². The summed E-state index contributed by atoms with van der Waals surface area (Å²) in [6.45, 7) is 2.10. The quantitative estimate of drug-likeness (QED) is 0.552. The van der Waals surface area contributed by atoms with Crippen LogP contribution in [0.5, 0.6) is 0 Å². The SMILES string of the molecule is CC[C@H](Cc1ccc(-c2cccc(Cl)c2)cc1)NC(=O)CCc1ccccn1. The van der Waals surface area contributed by atoms with Crippen LogP contribution in [0.1, 0.15) is 31.0 Å². The van der Waals surface area contributed by atoms with E-state index in [4.69, 9.17) is 11.6 Å². The van der Waals surface area contributed by atoms with Crippen molar-refractivity contribution in [3.8, 4) is 11.1 Å². The molecule has 2 aromatic carbocycles. The number of rotatable bonds is 8. The molecule has 0 aliphatic heterocycles. The first-order valence-corrected chi connectivity index (χ1v) is 10.1. The van der Waals surface area contributed by atoms with Crippen molar-refractivity contribution in [3.05, 3.63) is 89.2 Å². The Morgan fingerprint density at radius 2 is 1.86 bits per heavy atom. The van der Waals surface area contributed by atoms with Gasteiger partial charge in [-0.05, 0) is 60.2 Å².